The minimum atomic E-state index is -0.450. The van der Waals surface area contributed by atoms with Gasteiger partial charge in [-0.15, -0.1) is 0 Å². The third-order valence-corrected chi connectivity index (χ3v) is 5.04. The Morgan fingerprint density at radius 2 is 2.26 bits per heavy atom. The summed E-state index contributed by atoms with van der Waals surface area (Å²) in [6.07, 6.45) is 4.63. The van der Waals surface area contributed by atoms with Gasteiger partial charge >= 0.3 is 6.09 Å². The van der Waals surface area contributed by atoms with E-state index in [1.165, 1.54) is 5.56 Å². The molecule has 5 heteroatoms. The Hall–Kier alpha value is -1.49. The highest BCUT2D eigenvalue weighted by molar-refractivity contribution is 5.68. The van der Waals surface area contributed by atoms with Crippen LogP contribution in [0.15, 0.2) is 16.7 Å². The molecule has 1 amide bonds. The predicted molar refractivity (Wildman–Crippen MR) is 88.3 cm³/mol. The molecule has 0 radical (unpaired) electrons. The number of rotatable bonds is 1. The molecule has 0 bridgehead atoms. The molecule has 2 aliphatic rings. The first-order valence-corrected chi connectivity index (χ1v) is 8.59. The number of amides is 1. The number of hydrogen-bond acceptors (Lipinski definition) is 4. The van der Waals surface area contributed by atoms with Crippen molar-refractivity contribution in [2.24, 2.45) is 5.92 Å². The monoisotopic (exact) mass is 320 g/mol. The molecule has 1 aromatic heterocycles. The van der Waals surface area contributed by atoms with Crippen LogP contribution in [0, 0.1) is 5.92 Å². The molecule has 23 heavy (non-hydrogen) atoms. The van der Waals surface area contributed by atoms with E-state index in [9.17, 15) is 4.79 Å². The lowest BCUT2D eigenvalue weighted by molar-refractivity contribution is 0.00903. The number of hydrogen-bond donors (Lipinski definition) is 1. The number of furan rings is 1. The van der Waals surface area contributed by atoms with Gasteiger partial charge in [-0.2, -0.15) is 0 Å². The normalized spacial score (nSPS) is 28.3. The molecule has 0 aliphatic carbocycles. The van der Waals surface area contributed by atoms with Gasteiger partial charge in [0.15, 0.2) is 0 Å². The zero-order valence-electron chi connectivity index (χ0n) is 14.6. The molecule has 0 saturated carbocycles. The van der Waals surface area contributed by atoms with Gasteiger partial charge in [0.25, 0.3) is 0 Å². The lowest BCUT2D eigenvalue weighted by Crippen LogP contribution is -2.55. The van der Waals surface area contributed by atoms with Gasteiger partial charge in [0, 0.05) is 37.2 Å². The van der Waals surface area contributed by atoms with E-state index in [1.54, 1.807) is 6.26 Å². The van der Waals surface area contributed by atoms with E-state index in [-0.39, 0.29) is 11.6 Å². The lowest BCUT2D eigenvalue weighted by Gasteiger charge is -2.45. The molecule has 1 fully saturated rings. The summed E-state index contributed by atoms with van der Waals surface area (Å²) in [4.78, 5) is 14.3. The van der Waals surface area contributed by atoms with Crippen molar-refractivity contribution in [2.45, 2.75) is 58.1 Å². The maximum atomic E-state index is 12.4. The van der Waals surface area contributed by atoms with Gasteiger partial charge in [0.1, 0.15) is 11.4 Å². The third kappa shape index (κ3) is 3.25. The fourth-order valence-electron chi connectivity index (χ4n) is 3.83. The van der Waals surface area contributed by atoms with Crippen LogP contribution < -0.4 is 5.32 Å². The van der Waals surface area contributed by atoms with E-state index in [1.807, 2.05) is 25.7 Å². The molecule has 1 N–H and O–H groups in total. The summed E-state index contributed by atoms with van der Waals surface area (Å²) in [7, 11) is 0. The predicted octanol–water partition coefficient (Wildman–Crippen LogP) is 3.29. The molecule has 0 aromatic carbocycles. The second-order valence-electron chi connectivity index (χ2n) is 7.90. The number of ether oxygens (including phenoxy) is 1. The lowest BCUT2D eigenvalue weighted by atomic mass is 9.73. The third-order valence-electron chi connectivity index (χ3n) is 5.04. The average molecular weight is 320 g/mol. The second-order valence-corrected chi connectivity index (χ2v) is 7.90. The zero-order valence-corrected chi connectivity index (χ0v) is 14.6. The van der Waals surface area contributed by atoms with E-state index in [4.69, 9.17) is 9.15 Å². The number of likely N-dealkylation sites (tertiary alicyclic amines) is 1. The van der Waals surface area contributed by atoms with Crippen LogP contribution in [-0.4, -0.2) is 36.2 Å². The Morgan fingerprint density at radius 3 is 3.00 bits per heavy atom. The molecule has 2 atom stereocenters. The number of piperidine rings is 1. The highest BCUT2D eigenvalue weighted by atomic mass is 16.6. The number of fused-ring (bicyclic) bond motifs is 1. The van der Waals surface area contributed by atoms with Gasteiger partial charge in [-0.25, -0.2) is 4.79 Å². The summed E-state index contributed by atoms with van der Waals surface area (Å²) >= 11 is 0. The molecular weight excluding hydrogens is 292 g/mol. The number of carbonyl (C=O) groups excluding carboxylic acids is 1. The fourth-order valence-corrected chi connectivity index (χ4v) is 3.83. The summed E-state index contributed by atoms with van der Waals surface area (Å²) in [5, 5.41) is 3.68. The van der Waals surface area contributed by atoms with Crippen LogP contribution in [0.4, 0.5) is 4.79 Å². The first kappa shape index (κ1) is 16.4. The molecule has 0 spiro atoms. The van der Waals surface area contributed by atoms with Crippen LogP contribution in [0.5, 0.6) is 0 Å². The van der Waals surface area contributed by atoms with Crippen molar-refractivity contribution in [2.75, 3.05) is 19.6 Å². The van der Waals surface area contributed by atoms with Crippen molar-refractivity contribution in [1.29, 1.82) is 0 Å². The van der Waals surface area contributed by atoms with Crippen molar-refractivity contribution in [1.82, 2.24) is 10.2 Å². The van der Waals surface area contributed by atoms with Gasteiger partial charge < -0.3 is 19.4 Å². The van der Waals surface area contributed by atoms with Crippen molar-refractivity contribution in [3.63, 3.8) is 0 Å². The maximum Gasteiger partial charge on any atom is 0.410 e. The maximum absolute atomic E-state index is 12.4. The highest BCUT2D eigenvalue weighted by Gasteiger charge is 2.43. The Labute approximate surface area is 138 Å². The van der Waals surface area contributed by atoms with Crippen LogP contribution >= 0.6 is 0 Å². The SMILES string of the molecule is CC(C)(C)OC(=O)N1CCCC(C2(C)NCCc3occc32)C1. The molecular formula is C18H28N2O3. The molecule has 3 rings (SSSR count). The zero-order chi connectivity index (χ0) is 16.7. The quantitative estimate of drug-likeness (QED) is 0.863. The Balaban J connectivity index is 1.76. The number of nitrogens with zero attached hydrogens (tertiary/aromatic N) is 1. The summed E-state index contributed by atoms with van der Waals surface area (Å²) in [6.45, 7) is 10.4. The van der Waals surface area contributed by atoms with Crippen molar-refractivity contribution < 1.29 is 13.9 Å². The fraction of sp³-hybridized carbons (Fsp3) is 0.722. The molecule has 2 aliphatic heterocycles. The Kier molecular flexibility index (Phi) is 4.17. The van der Waals surface area contributed by atoms with Crippen molar-refractivity contribution in [3.8, 4) is 0 Å². The van der Waals surface area contributed by atoms with Gasteiger partial charge in [-0.1, -0.05) is 0 Å². The highest BCUT2D eigenvalue weighted by Crippen LogP contribution is 2.39. The van der Waals surface area contributed by atoms with E-state index >= 15 is 0 Å². The smallest absolute Gasteiger partial charge is 0.410 e. The molecule has 5 nitrogen and oxygen atoms in total. The summed E-state index contributed by atoms with van der Waals surface area (Å²) in [6, 6.07) is 2.08. The minimum absolute atomic E-state index is 0.138. The first-order chi connectivity index (χ1) is 10.8. The summed E-state index contributed by atoms with van der Waals surface area (Å²) < 4.78 is 11.2. The molecule has 2 unspecified atom stereocenters. The van der Waals surface area contributed by atoms with E-state index < -0.39 is 5.60 Å². The van der Waals surface area contributed by atoms with Crippen LogP contribution in [0.2, 0.25) is 0 Å². The molecule has 3 heterocycles. The van der Waals surface area contributed by atoms with Crippen LogP contribution in [-0.2, 0) is 16.7 Å². The van der Waals surface area contributed by atoms with E-state index in [0.717, 1.165) is 44.7 Å². The first-order valence-electron chi connectivity index (χ1n) is 8.59. The Morgan fingerprint density at radius 1 is 1.48 bits per heavy atom. The molecule has 1 saturated heterocycles. The van der Waals surface area contributed by atoms with Gasteiger partial charge in [0.05, 0.1) is 6.26 Å². The average Bonchev–Trinajstić information content (AvgIpc) is 2.96. The van der Waals surface area contributed by atoms with Gasteiger partial charge in [-0.05, 0) is 52.5 Å². The van der Waals surface area contributed by atoms with Gasteiger partial charge in [0.2, 0.25) is 0 Å². The summed E-state index contributed by atoms with van der Waals surface area (Å²) in [5.74, 6) is 1.45. The van der Waals surface area contributed by atoms with E-state index in [0.29, 0.717) is 5.92 Å². The molecule has 1 aromatic rings. The number of carbonyl (C=O) groups is 1. The minimum Gasteiger partial charge on any atom is -0.469 e. The topological polar surface area (TPSA) is 54.7 Å². The van der Waals surface area contributed by atoms with Crippen molar-refractivity contribution >= 4 is 6.09 Å². The van der Waals surface area contributed by atoms with Crippen LogP contribution in [0.25, 0.3) is 0 Å². The standard InChI is InChI=1S/C18H28N2O3/c1-17(2,3)23-16(21)20-10-5-6-13(12-20)18(4)14-8-11-22-15(14)7-9-19-18/h8,11,13,19H,5-7,9-10,12H2,1-4H3. The van der Waals surface area contributed by atoms with Crippen molar-refractivity contribution in [3.05, 3.63) is 23.7 Å². The van der Waals surface area contributed by atoms with E-state index in [2.05, 4.69) is 18.3 Å². The van der Waals surface area contributed by atoms with Crippen LogP contribution in [0.1, 0.15) is 51.9 Å². The number of nitrogens with one attached hydrogen (secondary N) is 1. The largest absolute Gasteiger partial charge is 0.469 e. The Bertz CT molecular complexity index is 575. The summed E-state index contributed by atoms with van der Waals surface area (Å²) in [5.41, 5.74) is 0.663. The second kappa shape index (κ2) is 5.86. The molecule has 128 valence electrons. The van der Waals surface area contributed by atoms with Gasteiger partial charge in [-0.3, -0.25) is 0 Å². The van der Waals surface area contributed by atoms with Crippen LogP contribution in [0.3, 0.4) is 0 Å².